The fourth-order valence-corrected chi connectivity index (χ4v) is 1.98. The van der Waals surface area contributed by atoms with E-state index in [-0.39, 0.29) is 0 Å². The normalized spacial score (nSPS) is 9.89. The molecule has 0 atom stereocenters. The minimum Gasteiger partial charge on any atom is -0.465 e. The van der Waals surface area contributed by atoms with E-state index in [0.29, 0.717) is 11.3 Å². The van der Waals surface area contributed by atoms with E-state index in [4.69, 9.17) is 9.47 Å². The van der Waals surface area contributed by atoms with Crippen molar-refractivity contribution in [3.63, 3.8) is 0 Å². The SMILES string of the molecule is COC(=O)c1ccccc1Oc1ccccc1I. The van der Waals surface area contributed by atoms with E-state index >= 15 is 0 Å². The highest BCUT2D eigenvalue weighted by molar-refractivity contribution is 14.1. The van der Waals surface area contributed by atoms with Crippen LogP contribution in [0.15, 0.2) is 48.5 Å². The smallest absolute Gasteiger partial charge is 0.341 e. The highest BCUT2D eigenvalue weighted by atomic mass is 127. The Morgan fingerprint density at radius 3 is 2.28 bits per heavy atom. The van der Waals surface area contributed by atoms with Crippen LogP contribution in [0.2, 0.25) is 0 Å². The Morgan fingerprint density at radius 1 is 1.00 bits per heavy atom. The maximum absolute atomic E-state index is 11.6. The molecule has 0 aliphatic heterocycles. The van der Waals surface area contributed by atoms with Crippen LogP contribution in [0, 0.1) is 3.57 Å². The van der Waals surface area contributed by atoms with Gasteiger partial charge in [0, 0.05) is 0 Å². The van der Waals surface area contributed by atoms with E-state index in [1.807, 2.05) is 30.3 Å². The van der Waals surface area contributed by atoms with Crippen LogP contribution in [-0.2, 0) is 4.74 Å². The summed E-state index contributed by atoms with van der Waals surface area (Å²) in [5.41, 5.74) is 0.416. The van der Waals surface area contributed by atoms with Crippen molar-refractivity contribution in [2.24, 2.45) is 0 Å². The van der Waals surface area contributed by atoms with Gasteiger partial charge in [0.2, 0.25) is 0 Å². The molecule has 0 amide bonds. The van der Waals surface area contributed by atoms with E-state index in [2.05, 4.69) is 22.6 Å². The molecule has 0 aliphatic carbocycles. The average Bonchev–Trinajstić information content (AvgIpc) is 2.41. The van der Waals surface area contributed by atoms with E-state index < -0.39 is 5.97 Å². The van der Waals surface area contributed by atoms with Crippen molar-refractivity contribution in [3.8, 4) is 11.5 Å². The topological polar surface area (TPSA) is 35.5 Å². The van der Waals surface area contributed by atoms with Gasteiger partial charge in [-0.3, -0.25) is 0 Å². The number of hydrogen-bond acceptors (Lipinski definition) is 3. The number of rotatable bonds is 3. The van der Waals surface area contributed by atoms with Crippen molar-refractivity contribution in [2.75, 3.05) is 7.11 Å². The molecule has 0 fully saturated rings. The summed E-state index contributed by atoms with van der Waals surface area (Å²) < 4.78 is 11.5. The summed E-state index contributed by atoms with van der Waals surface area (Å²) in [5.74, 6) is 0.805. The fraction of sp³-hybridized carbons (Fsp3) is 0.0714. The second-order valence-electron chi connectivity index (χ2n) is 3.52. The zero-order valence-electron chi connectivity index (χ0n) is 9.72. The summed E-state index contributed by atoms with van der Waals surface area (Å²) in [6.07, 6.45) is 0. The Kier molecular flexibility index (Phi) is 4.19. The number of ether oxygens (including phenoxy) is 2. The lowest BCUT2D eigenvalue weighted by Gasteiger charge is -2.10. The summed E-state index contributed by atoms with van der Waals surface area (Å²) in [7, 11) is 1.35. The van der Waals surface area contributed by atoms with Crippen LogP contribution >= 0.6 is 22.6 Å². The Hall–Kier alpha value is -1.56. The van der Waals surface area contributed by atoms with Gasteiger partial charge in [-0.05, 0) is 46.9 Å². The maximum atomic E-state index is 11.6. The minimum atomic E-state index is -0.406. The molecule has 18 heavy (non-hydrogen) atoms. The third-order valence-corrected chi connectivity index (χ3v) is 3.24. The fourth-order valence-electron chi connectivity index (χ4n) is 1.48. The minimum absolute atomic E-state index is 0.406. The maximum Gasteiger partial charge on any atom is 0.341 e. The first-order valence-electron chi connectivity index (χ1n) is 5.32. The standard InChI is InChI=1S/C14H11IO3/c1-17-14(16)10-6-2-4-8-12(10)18-13-9-5-3-7-11(13)15/h2-9H,1H3. The first-order valence-corrected chi connectivity index (χ1v) is 6.40. The van der Waals surface area contributed by atoms with E-state index in [1.54, 1.807) is 18.2 Å². The van der Waals surface area contributed by atoms with Crippen LogP contribution in [0.5, 0.6) is 11.5 Å². The molecule has 2 aromatic carbocycles. The molecule has 0 heterocycles. The molecule has 0 saturated heterocycles. The molecule has 2 aromatic rings. The number of esters is 1. The van der Waals surface area contributed by atoms with Crippen LogP contribution in [0.4, 0.5) is 0 Å². The molecule has 92 valence electrons. The van der Waals surface area contributed by atoms with Gasteiger partial charge in [-0.25, -0.2) is 4.79 Å². The summed E-state index contributed by atoms with van der Waals surface area (Å²) >= 11 is 2.18. The predicted octanol–water partition coefficient (Wildman–Crippen LogP) is 3.87. The Morgan fingerprint density at radius 2 is 1.61 bits per heavy atom. The van der Waals surface area contributed by atoms with Gasteiger partial charge < -0.3 is 9.47 Å². The lowest BCUT2D eigenvalue weighted by molar-refractivity contribution is 0.0598. The van der Waals surface area contributed by atoms with Gasteiger partial charge in [0.05, 0.1) is 10.7 Å². The largest absolute Gasteiger partial charge is 0.465 e. The number of para-hydroxylation sites is 2. The zero-order chi connectivity index (χ0) is 13.0. The number of carbonyl (C=O) groups is 1. The summed E-state index contributed by atoms with van der Waals surface area (Å²) in [6.45, 7) is 0. The third-order valence-electron chi connectivity index (χ3n) is 2.35. The number of methoxy groups -OCH3 is 1. The van der Waals surface area contributed by atoms with Crippen LogP contribution in [0.3, 0.4) is 0 Å². The van der Waals surface area contributed by atoms with Crippen molar-refractivity contribution < 1.29 is 14.3 Å². The van der Waals surface area contributed by atoms with Gasteiger partial charge in [-0.2, -0.15) is 0 Å². The van der Waals surface area contributed by atoms with Crippen molar-refractivity contribution >= 4 is 28.6 Å². The average molecular weight is 354 g/mol. The lowest BCUT2D eigenvalue weighted by atomic mass is 10.2. The zero-order valence-corrected chi connectivity index (χ0v) is 11.9. The molecule has 0 saturated carbocycles. The van der Waals surface area contributed by atoms with Crippen LogP contribution in [-0.4, -0.2) is 13.1 Å². The molecule has 0 N–H and O–H groups in total. The van der Waals surface area contributed by atoms with Crippen LogP contribution in [0.25, 0.3) is 0 Å². The molecule has 0 spiro atoms. The lowest BCUT2D eigenvalue weighted by Crippen LogP contribution is -2.03. The number of carbonyl (C=O) groups excluding carboxylic acids is 1. The molecule has 4 heteroatoms. The monoisotopic (exact) mass is 354 g/mol. The molecular formula is C14H11IO3. The van der Waals surface area contributed by atoms with Gasteiger partial charge in [0.1, 0.15) is 17.1 Å². The molecular weight excluding hydrogens is 343 g/mol. The molecule has 0 aromatic heterocycles. The first kappa shape index (κ1) is 12.9. The number of halogens is 1. The molecule has 0 unspecified atom stereocenters. The second-order valence-corrected chi connectivity index (χ2v) is 4.68. The number of hydrogen-bond donors (Lipinski definition) is 0. The number of benzene rings is 2. The first-order chi connectivity index (χ1) is 8.72. The Bertz CT molecular complexity index is 566. The van der Waals surface area contributed by atoms with Crippen LogP contribution in [0.1, 0.15) is 10.4 Å². The van der Waals surface area contributed by atoms with Gasteiger partial charge in [0.25, 0.3) is 0 Å². The summed E-state index contributed by atoms with van der Waals surface area (Å²) in [5, 5.41) is 0. The van der Waals surface area contributed by atoms with Gasteiger partial charge in [-0.15, -0.1) is 0 Å². The summed E-state index contributed by atoms with van der Waals surface area (Å²) in [6, 6.07) is 14.6. The predicted molar refractivity (Wildman–Crippen MR) is 77.0 cm³/mol. The van der Waals surface area contributed by atoms with E-state index in [9.17, 15) is 4.79 Å². The second kappa shape index (κ2) is 5.86. The summed E-state index contributed by atoms with van der Waals surface area (Å²) in [4.78, 5) is 11.6. The van der Waals surface area contributed by atoms with Crippen molar-refractivity contribution in [1.29, 1.82) is 0 Å². The quantitative estimate of drug-likeness (QED) is 0.620. The highest BCUT2D eigenvalue weighted by Crippen LogP contribution is 2.29. The molecule has 2 rings (SSSR count). The Balaban J connectivity index is 2.35. The molecule has 0 bridgehead atoms. The van der Waals surface area contributed by atoms with Gasteiger partial charge in [-0.1, -0.05) is 24.3 Å². The highest BCUT2D eigenvalue weighted by Gasteiger charge is 2.13. The molecule has 0 radical (unpaired) electrons. The van der Waals surface area contributed by atoms with Crippen molar-refractivity contribution in [1.82, 2.24) is 0 Å². The van der Waals surface area contributed by atoms with Crippen LogP contribution < -0.4 is 4.74 Å². The van der Waals surface area contributed by atoms with Crippen molar-refractivity contribution in [3.05, 3.63) is 57.7 Å². The van der Waals surface area contributed by atoms with Gasteiger partial charge in [0.15, 0.2) is 0 Å². The molecule has 3 nitrogen and oxygen atoms in total. The van der Waals surface area contributed by atoms with E-state index in [0.717, 1.165) is 9.32 Å². The van der Waals surface area contributed by atoms with Crippen molar-refractivity contribution in [2.45, 2.75) is 0 Å². The Labute approximate surface area is 119 Å². The molecule has 0 aliphatic rings. The van der Waals surface area contributed by atoms with Gasteiger partial charge >= 0.3 is 5.97 Å². The third kappa shape index (κ3) is 2.81. The van der Waals surface area contributed by atoms with E-state index in [1.165, 1.54) is 7.11 Å².